The average Bonchev–Trinajstić information content (AvgIpc) is 3.15. The summed E-state index contributed by atoms with van der Waals surface area (Å²) in [6, 6.07) is 17.3. The standard InChI is InChI=1S/C27H24N2O7/c1-4-36-27(33)17-9-11-19(12-10-17)28(24(30)18-13-20(34-2)15-21(14-18)35-3)16-29-25(31)22-7-5-6-8-23(22)26(29)32/h5-15H,4,16H2,1-3H3. The lowest BCUT2D eigenvalue weighted by Crippen LogP contribution is -2.44. The number of imide groups is 1. The average molecular weight is 488 g/mol. The summed E-state index contributed by atoms with van der Waals surface area (Å²) in [5.74, 6) is -1.21. The van der Waals surface area contributed by atoms with Crippen LogP contribution in [-0.4, -0.2) is 56.1 Å². The number of carbonyl (C=O) groups excluding carboxylic acids is 4. The number of rotatable bonds is 8. The van der Waals surface area contributed by atoms with E-state index in [0.717, 1.165) is 4.90 Å². The maximum absolute atomic E-state index is 13.8. The Labute approximate surface area is 207 Å². The molecule has 9 nitrogen and oxygen atoms in total. The fourth-order valence-electron chi connectivity index (χ4n) is 3.85. The highest BCUT2D eigenvalue weighted by Gasteiger charge is 2.37. The quantitative estimate of drug-likeness (QED) is 0.351. The third-order valence-corrected chi connectivity index (χ3v) is 5.69. The lowest BCUT2D eigenvalue weighted by Gasteiger charge is -2.27. The molecule has 0 saturated carbocycles. The van der Waals surface area contributed by atoms with Crippen molar-refractivity contribution in [2.45, 2.75) is 6.92 Å². The van der Waals surface area contributed by atoms with Crippen LogP contribution in [0.15, 0.2) is 66.7 Å². The molecule has 36 heavy (non-hydrogen) atoms. The maximum atomic E-state index is 13.8. The Bertz CT molecular complexity index is 1280. The molecule has 0 atom stereocenters. The van der Waals surface area contributed by atoms with Gasteiger partial charge >= 0.3 is 5.97 Å². The Morgan fingerprint density at radius 1 is 0.806 bits per heavy atom. The van der Waals surface area contributed by atoms with Crippen LogP contribution in [-0.2, 0) is 4.74 Å². The first-order valence-corrected chi connectivity index (χ1v) is 11.1. The van der Waals surface area contributed by atoms with Gasteiger partial charge in [-0.3, -0.25) is 24.2 Å². The lowest BCUT2D eigenvalue weighted by atomic mass is 10.1. The molecule has 0 fully saturated rings. The van der Waals surface area contributed by atoms with E-state index in [9.17, 15) is 19.2 Å². The Morgan fingerprint density at radius 3 is 1.86 bits per heavy atom. The third-order valence-electron chi connectivity index (χ3n) is 5.69. The lowest BCUT2D eigenvalue weighted by molar-refractivity contribution is 0.0525. The molecule has 0 aliphatic carbocycles. The van der Waals surface area contributed by atoms with Crippen molar-refractivity contribution in [1.82, 2.24) is 4.90 Å². The highest BCUT2D eigenvalue weighted by molar-refractivity contribution is 6.22. The van der Waals surface area contributed by atoms with Gasteiger partial charge in [0.1, 0.15) is 18.2 Å². The number of methoxy groups -OCH3 is 2. The number of ether oxygens (including phenoxy) is 3. The SMILES string of the molecule is CCOC(=O)c1ccc(N(CN2C(=O)c3ccccc3C2=O)C(=O)c2cc(OC)cc(OC)c2)cc1. The van der Waals surface area contributed by atoms with E-state index in [2.05, 4.69) is 0 Å². The molecular weight excluding hydrogens is 464 g/mol. The number of nitrogens with zero attached hydrogens (tertiary/aromatic N) is 2. The summed E-state index contributed by atoms with van der Waals surface area (Å²) >= 11 is 0. The summed E-state index contributed by atoms with van der Waals surface area (Å²) in [6.07, 6.45) is 0. The zero-order chi connectivity index (χ0) is 25.8. The molecule has 0 N–H and O–H groups in total. The van der Waals surface area contributed by atoms with E-state index in [1.807, 2.05) is 0 Å². The molecule has 1 heterocycles. The Morgan fingerprint density at radius 2 is 1.36 bits per heavy atom. The van der Waals surface area contributed by atoms with Crippen molar-refractivity contribution in [1.29, 1.82) is 0 Å². The molecule has 0 saturated heterocycles. The van der Waals surface area contributed by atoms with E-state index in [1.54, 1.807) is 49.4 Å². The summed E-state index contributed by atoms with van der Waals surface area (Å²) in [6.45, 7) is 1.59. The van der Waals surface area contributed by atoms with Crippen molar-refractivity contribution in [2.75, 3.05) is 32.4 Å². The molecule has 4 rings (SSSR count). The van der Waals surface area contributed by atoms with E-state index < -0.39 is 23.7 Å². The van der Waals surface area contributed by atoms with E-state index in [4.69, 9.17) is 14.2 Å². The van der Waals surface area contributed by atoms with E-state index >= 15 is 0 Å². The summed E-state index contributed by atoms with van der Waals surface area (Å²) in [5, 5.41) is 0. The van der Waals surface area contributed by atoms with Gasteiger partial charge in [-0.25, -0.2) is 4.79 Å². The van der Waals surface area contributed by atoms with Gasteiger partial charge in [0, 0.05) is 17.3 Å². The minimum absolute atomic E-state index is 0.220. The zero-order valence-electron chi connectivity index (χ0n) is 20.0. The fourth-order valence-corrected chi connectivity index (χ4v) is 3.85. The van der Waals surface area contributed by atoms with Crippen LogP contribution in [0, 0.1) is 0 Å². The Hall–Kier alpha value is -4.66. The van der Waals surface area contributed by atoms with Crippen LogP contribution in [0.1, 0.15) is 48.4 Å². The minimum atomic E-state index is -0.507. The van der Waals surface area contributed by atoms with Gasteiger partial charge < -0.3 is 14.2 Å². The minimum Gasteiger partial charge on any atom is -0.497 e. The van der Waals surface area contributed by atoms with Gasteiger partial charge in [-0.05, 0) is 55.5 Å². The van der Waals surface area contributed by atoms with Gasteiger partial charge in [0.05, 0.1) is 37.5 Å². The third kappa shape index (κ3) is 4.63. The first-order chi connectivity index (χ1) is 17.4. The molecule has 3 aromatic rings. The first-order valence-electron chi connectivity index (χ1n) is 11.1. The van der Waals surface area contributed by atoms with Crippen LogP contribution in [0.3, 0.4) is 0 Å². The van der Waals surface area contributed by atoms with E-state index in [1.165, 1.54) is 43.4 Å². The highest BCUT2D eigenvalue weighted by atomic mass is 16.5. The number of fused-ring (bicyclic) bond motifs is 1. The summed E-state index contributed by atoms with van der Waals surface area (Å²) in [7, 11) is 2.93. The van der Waals surface area contributed by atoms with E-state index in [-0.39, 0.29) is 30.0 Å². The number of esters is 1. The second-order valence-corrected chi connectivity index (χ2v) is 7.83. The molecule has 1 aliphatic rings. The van der Waals surface area contributed by atoms with Crippen LogP contribution in [0.5, 0.6) is 11.5 Å². The molecule has 1 aliphatic heterocycles. The fraction of sp³-hybridized carbons (Fsp3) is 0.185. The number of hydrogen-bond acceptors (Lipinski definition) is 7. The van der Waals surface area contributed by atoms with Gasteiger partial charge in [-0.15, -0.1) is 0 Å². The summed E-state index contributed by atoms with van der Waals surface area (Å²) in [5.41, 5.74) is 1.44. The Kier molecular flexibility index (Phi) is 7.00. The molecule has 0 radical (unpaired) electrons. The molecule has 0 bridgehead atoms. The van der Waals surface area contributed by atoms with Gasteiger partial charge in [0.2, 0.25) is 0 Å². The number of hydrogen-bond donors (Lipinski definition) is 0. The normalized spacial score (nSPS) is 12.2. The van der Waals surface area contributed by atoms with Crippen molar-refractivity contribution in [3.8, 4) is 11.5 Å². The predicted octanol–water partition coefficient (Wildman–Crippen LogP) is 3.78. The topological polar surface area (TPSA) is 102 Å². The monoisotopic (exact) mass is 488 g/mol. The summed E-state index contributed by atoms with van der Waals surface area (Å²) < 4.78 is 15.6. The highest BCUT2D eigenvalue weighted by Crippen LogP contribution is 2.28. The van der Waals surface area contributed by atoms with Crippen LogP contribution >= 0.6 is 0 Å². The van der Waals surface area contributed by atoms with Gasteiger partial charge in [-0.2, -0.15) is 0 Å². The Balaban J connectivity index is 1.73. The zero-order valence-corrected chi connectivity index (χ0v) is 20.0. The van der Waals surface area contributed by atoms with Crippen LogP contribution < -0.4 is 14.4 Å². The van der Waals surface area contributed by atoms with Gasteiger partial charge in [0.25, 0.3) is 17.7 Å². The molecule has 3 aromatic carbocycles. The van der Waals surface area contributed by atoms with Crippen molar-refractivity contribution in [3.63, 3.8) is 0 Å². The molecule has 9 heteroatoms. The second-order valence-electron chi connectivity index (χ2n) is 7.83. The van der Waals surface area contributed by atoms with E-state index in [0.29, 0.717) is 22.7 Å². The molecule has 3 amide bonds. The van der Waals surface area contributed by atoms with Crippen LogP contribution in [0.4, 0.5) is 5.69 Å². The maximum Gasteiger partial charge on any atom is 0.338 e. The molecule has 0 aromatic heterocycles. The second kappa shape index (κ2) is 10.3. The van der Waals surface area contributed by atoms with Crippen molar-refractivity contribution >= 4 is 29.4 Å². The molecule has 184 valence electrons. The number of anilines is 1. The van der Waals surface area contributed by atoms with Gasteiger partial charge in [0.15, 0.2) is 0 Å². The summed E-state index contributed by atoms with van der Waals surface area (Å²) in [4.78, 5) is 54.2. The molecular formula is C27H24N2O7. The number of benzene rings is 3. The molecule has 0 unspecified atom stereocenters. The smallest absolute Gasteiger partial charge is 0.338 e. The van der Waals surface area contributed by atoms with Crippen LogP contribution in [0.25, 0.3) is 0 Å². The molecule has 0 spiro atoms. The van der Waals surface area contributed by atoms with Gasteiger partial charge in [-0.1, -0.05) is 12.1 Å². The number of carbonyl (C=O) groups is 4. The van der Waals surface area contributed by atoms with Crippen molar-refractivity contribution in [3.05, 3.63) is 89.0 Å². The van der Waals surface area contributed by atoms with Crippen molar-refractivity contribution in [2.24, 2.45) is 0 Å². The first kappa shape index (κ1) is 24.5. The largest absolute Gasteiger partial charge is 0.497 e. The van der Waals surface area contributed by atoms with Crippen LogP contribution in [0.2, 0.25) is 0 Å². The van der Waals surface area contributed by atoms with Crippen molar-refractivity contribution < 1.29 is 33.4 Å². The predicted molar refractivity (Wildman–Crippen MR) is 131 cm³/mol. The number of amides is 3.